The fourth-order valence-electron chi connectivity index (χ4n) is 2.31. The van der Waals surface area contributed by atoms with Crippen LogP contribution in [0, 0.1) is 0 Å². The van der Waals surface area contributed by atoms with Crippen LogP contribution in [0.25, 0.3) is 0 Å². The van der Waals surface area contributed by atoms with Gasteiger partial charge >= 0.3 is 5.97 Å². The van der Waals surface area contributed by atoms with Gasteiger partial charge in [-0.3, -0.25) is 4.79 Å². The Bertz CT molecular complexity index is 499. The molecule has 6 nitrogen and oxygen atoms in total. The Balaban J connectivity index is 2.45. The molecule has 0 fully saturated rings. The van der Waals surface area contributed by atoms with Crippen LogP contribution >= 0.6 is 0 Å². The molecule has 20 heavy (non-hydrogen) atoms. The minimum Gasteiger partial charge on any atom is -0.496 e. The summed E-state index contributed by atoms with van der Waals surface area (Å²) < 4.78 is 26.7. The molecule has 0 saturated carbocycles. The van der Waals surface area contributed by atoms with E-state index >= 15 is 0 Å². The minimum atomic E-state index is -0.703. The molecular weight excluding hydrogens is 264 g/mol. The minimum absolute atomic E-state index is 0.384. The number of carbonyl (C=O) groups is 1. The van der Waals surface area contributed by atoms with Crippen molar-refractivity contribution in [2.45, 2.75) is 25.9 Å². The first-order valence-electron chi connectivity index (χ1n) is 6.20. The third kappa shape index (κ3) is 2.71. The van der Waals surface area contributed by atoms with Crippen molar-refractivity contribution >= 4 is 5.97 Å². The summed E-state index contributed by atoms with van der Waals surface area (Å²) in [5.41, 5.74) is 1.62. The molecule has 1 heterocycles. The Kier molecular flexibility index (Phi) is 4.46. The summed E-state index contributed by atoms with van der Waals surface area (Å²) in [6.45, 7) is 1.34. The summed E-state index contributed by atoms with van der Waals surface area (Å²) in [5.74, 6) is 0.924. The summed E-state index contributed by atoms with van der Waals surface area (Å²) >= 11 is 0. The SMILES string of the molecule is COc1ccc(OC)c2c1CC(OC(C)=O)OC2OC. The lowest BCUT2D eigenvalue weighted by atomic mass is 9.99. The van der Waals surface area contributed by atoms with Crippen molar-refractivity contribution in [3.8, 4) is 11.5 Å². The standard InChI is InChI=1S/C14H18O6/c1-8(15)19-12-7-9-10(16-2)5-6-11(17-3)13(9)14(18-4)20-12/h5-6,12,14H,7H2,1-4H3. The van der Waals surface area contributed by atoms with E-state index in [9.17, 15) is 4.79 Å². The molecule has 2 atom stereocenters. The smallest absolute Gasteiger partial charge is 0.304 e. The van der Waals surface area contributed by atoms with E-state index in [1.165, 1.54) is 14.0 Å². The van der Waals surface area contributed by atoms with Crippen LogP contribution in [0.4, 0.5) is 0 Å². The Morgan fingerprint density at radius 3 is 2.40 bits per heavy atom. The molecule has 2 unspecified atom stereocenters. The van der Waals surface area contributed by atoms with Gasteiger partial charge in [-0.15, -0.1) is 0 Å². The monoisotopic (exact) mass is 282 g/mol. The van der Waals surface area contributed by atoms with Crippen molar-refractivity contribution < 1.29 is 28.5 Å². The van der Waals surface area contributed by atoms with Crippen LogP contribution < -0.4 is 9.47 Å². The summed E-state index contributed by atoms with van der Waals surface area (Å²) in [4.78, 5) is 11.1. The third-order valence-corrected chi connectivity index (χ3v) is 3.11. The first-order chi connectivity index (χ1) is 9.60. The highest BCUT2D eigenvalue weighted by molar-refractivity contribution is 5.66. The number of esters is 1. The van der Waals surface area contributed by atoms with Gasteiger partial charge in [-0.2, -0.15) is 0 Å². The third-order valence-electron chi connectivity index (χ3n) is 3.11. The van der Waals surface area contributed by atoms with E-state index in [0.29, 0.717) is 17.9 Å². The number of benzene rings is 1. The van der Waals surface area contributed by atoms with E-state index in [2.05, 4.69) is 0 Å². The van der Waals surface area contributed by atoms with Gasteiger partial charge in [0.1, 0.15) is 11.5 Å². The normalized spacial score (nSPS) is 21.0. The van der Waals surface area contributed by atoms with Crippen LogP contribution in [0.1, 0.15) is 24.3 Å². The maximum Gasteiger partial charge on any atom is 0.304 e. The van der Waals surface area contributed by atoms with Crippen molar-refractivity contribution in [2.24, 2.45) is 0 Å². The van der Waals surface area contributed by atoms with Crippen LogP contribution in [-0.4, -0.2) is 33.6 Å². The van der Waals surface area contributed by atoms with E-state index < -0.39 is 18.5 Å². The molecule has 1 aromatic rings. The molecule has 110 valence electrons. The zero-order valence-electron chi connectivity index (χ0n) is 12.0. The van der Waals surface area contributed by atoms with Crippen molar-refractivity contribution in [1.82, 2.24) is 0 Å². The molecule has 0 N–H and O–H groups in total. The van der Waals surface area contributed by atoms with Crippen molar-refractivity contribution in [3.63, 3.8) is 0 Å². The molecule has 1 aliphatic rings. The fourth-order valence-corrected chi connectivity index (χ4v) is 2.31. The lowest BCUT2D eigenvalue weighted by molar-refractivity contribution is -0.243. The van der Waals surface area contributed by atoms with Gasteiger partial charge in [0.2, 0.25) is 6.29 Å². The zero-order chi connectivity index (χ0) is 14.7. The van der Waals surface area contributed by atoms with Crippen LogP contribution in [0.15, 0.2) is 12.1 Å². The van der Waals surface area contributed by atoms with Crippen LogP contribution in [0.5, 0.6) is 11.5 Å². The Morgan fingerprint density at radius 1 is 1.20 bits per heavy atom. The van der Waals surface area contributed by atoms with Gasteiger partial charge in [-0.25, -0.2) is 0 Å². The van der Waals surface area contributed by atoms with Gasteiger partial charge in [-0.1, -0.05) is 0 Å². The van der Waals surface area contributed by atoms with Gasteiger partial charge in [0.15, 0.2) is 6.29 Å². The molecule has 2 rings (SSSR count). The first kappa shape index (κ1) is 14.6. The highest BCUT2D eigenvalue weighted by Gasteiger charge is 2.34. The van der Waals surface area contributed by atoms with Crippen LogP contribution in [-0.2, 0) is 25.4 Å². The average Bonchev–Trinajstić information content (AvgIpc) is 2.44. The fraction of sp³-hybridized carbons (Fsp3) is 0.500. The highest BCUT2D eigenvalue weighted by atomic mass is 16.8. The van der Waals surface area contributed by atoms with Gasteiger partial charge in [0, 0.05) is 26.0 Å². The number of methoxy groups -OCH3 is 3. The summed E-state index contributed by atoms with van der Waals surface area (Å²) in [6.07, 6.45) is -0.992. The molecule has 0 saturated heterocycles. The number of rotatable bonds is 4. The van der Waals surface area contributed by atoms with Gasteiger partial charge < -0.3 is 23.7 Å². The predicted octanol–water partition coefficient (Wildman–Crippen LogP) is 1.81. The van der Waals surface area contributed by atoms with Crippen molar-refractivity contribution in [3.05, 3.63) is 23.3 Å². The van der Waals surface area contributed by atoms with Gasteiger partial charge in [0.05, 0.1) is 19.8 Å². The maximum atomic E-state index is 11.1. The van der Waals surface area contributed by atoms with Crippen molar-refractivity contribution in [2.75, 3.05) is 21.3 Å². The highest BCUT2D eigenvalue weighted by Crippen LogP contribution is 2.41. The second-order valence-corrected chi connectivity index (χ2v) is 4.31. The van der Waals surface area contributed by atoms with E-state index in [1.807, 2.05) is 0 Å². The molecule has 6 heteroatoms. The number of carbonyl (C=O) groups excluding carboxylic acids is 1. The summed E-state index contributed by atoms with van der Waals surface area (Å²) in [7, 11) is 4.68. The molecule has 0 spiro atoms. The number of hydrogen-bond acceptors (Lipinski definition) is 6. The first-order valence-corrected chi connectivity index (χ1v) is 6.20. The van der Waals surface area contributed by atoms with E-state index in [-0.39, 0.29) is 0 Å². The number of fused-ring (bicyclic) bond motifs is 1. The predicted molar refractivity (Wildman–Crippen MR) is 69.6 cm³/mol. The Hall–Kier alpha value is -1.79. The molecule has 0 bridgehead atoms. The van der Waals surface area contributed by atoms with Gasteiger partial charge in [0.25, 0.3) is 0 Å². The van der Waals surface area contributed by atoms with E-state index in [4.69, 9.17) is 23.7 Å². The molecule has 1 aromatic carbocycles. The Labute approximate surface area is 117 Å². The quantitative estimate of drug-likeness (QED) is 0.785. The average molecular weight is 282 g/mol. The van der Waals surface area contributed by atoms with Crippen LogP contribution in [0.3, 0.4) is 0 Å². The van der Waals surface area contributed by atoms with Crippen molar-refractivity contribution in [1.29, 1.82) is 0 Å². The largest absolute Gasteiger partial charge is 0.496 e. The summed E-state index contributed by atoms with van der Waals surface area (Å²) in [5, 5.41) is 0. The van der Waals surface area contributed by atoms with Gasteiger partial charge in [-0.05, 0) is 12.1 Å². The molecule has 0 aliphatic carbocycles. The second-order valence-electron chi connectivity index (χ2n) is 4.31. The van der Waals surface area contributed by atoms with E-state index in [1.54, 1.807) is 26.4 Å². The lowest BCUT2D eigenvalue weighted by Gasteiger charge is -2.32. The molecular formula is C14H18O6. The maximum absolute atomic E-state index is 11.1. The lowest BCUT2D eigenvalue weighted by Crippen LogP contribution is -2.31. The second kappa shape index (κ2) is 6.11. The summed E-state index contributed by atoms with van der Waals surface area (Å²) in [6, 6.07) is 3.60. The topological polar surface area (TPSA) is 63.2 Å². The zero-order valence-corrected chi connectivity index (χ0v) is 12.0. The molecule has 1 aliphatic heterocycles. The van der Waals surface area contributed by atoms with Crippen LogP contribution in [0.2, 0.25) is 0 Å². The molecule has 0 amide bonds. The Morgan fingerprint density at radius 2 is 1.85 bits per heavy atom. The molecule has 0 aromatic heterocycles. The van der Waals surface area contributed by atoms with E-state index in [0.717, 1.165) is 11.1 Å². The molecule has 0 radical (unpaired) electrons. The number of hydrogen-bond donors (Lipinski definition) is 0. The number of ether oxygens (including phenoxy) is 5.